The van der Waals surface area contributed by atoms with Gasteiger partial charge >= 0.3 is 0 Å². The number of nitrogens with zero attached hydrogens (tertiary/aromatic N) is 2. The topological polar surface area (TPSA) is 110 Å². The number of rotatable bonds is 5. The van der Waals surface area contributed by atoms with Crippen LogP contribution in [-0.2, 0) is 10.4 Å². The number of nitrogens with two attached hydrogens (primary N) is 1. The Morgan fingerprint density at radius 2 is 1.97 bits per heavy atom. The summed E-state index contributed by atoms with van der Waals surface area (Å²) in [4.78, 5) is 21.4. The van der Waals surface area contributed by atoms with E-state index in [1.54, 1.807) is 12.3 Å². The van der Waals surface area contributed by atoms with E-state index < -0.39 is 35.4 Å². The molecular formula is C27H28F3N4O3P. The number of anilines is 1. The Hall–Kier alpha value is -2.91. The Balaban J connectivity index is 1.43. The maximum Gasteiger partial charge on any atom is 0.274 e. The van der Waals surface area contributed by atoms with Crippen molar-refractivity contribution in [2.75, 3.05) is 18.5 Å². The van der Waals surface area contributed by atoms with Crippen LogP contribution in [0.25, 0.3) is 11.3 Å². The fraction of sp³-hybridized carbons (Fsp3) is 0.370. The minimum atomic E-state index is -1.79. The normalized spacial score (nSPS) is 24.5. The zero-order valence-electron chi connectivity index (χ0n) is 20.6. The van der Waals surface area contributed by atoms with Crippen LogP contribution in [-0.4, -0.2) is 46.3 Å². The van der Waals surface area contributed by atoms with Crippen LogP contribution in [0, 0.1) is 17.6 Å². The molecule has 3 aromatic rings. The summed E-state index contributed by atoms with van der Waals surface area (Å²) in [6.07, 6.45) is 3.75. The van der Waals surface area contributed by atoms with Crippen LogP contribution in [0.2, 0.25) is 0 Å². The minimum Gasteiger partial charge on any atom is -0.391 e. The van der Waals surface area contributed by atoms with Gasteiger partial charge in [-0.05, 0) is 71.4 Å². The van der Waals surface area contributed by atoms with Crippen molar-refractivity contribution in [3.8, 4) is 11.3 Å². The Morgan fingerprint density at radius 3 is 2.63 bits per heavy atom. The van der Waals surface area contributed by atoms with Crippen molar-refractivity contribution in [1.29, 1.82) is 0 Å². The fourth-order valence-corrected chi connectivity index (χ4v) is 5.66. The molecule has 1 aliphatic heterocycles. The maximum absolute atomic E-state index is 15.1. The summed E-state index contributed by atoms with van der Waals surface area (Å²) in [5.74, 6) is -2.35. The first-order valence-corrected chi connectivity index (χ1v) is 12.9. The van der Waals surface area contributed by atoms with Crippen LogP contribution in [0.15, 0.2) is 42.7 Å². The van der Waals surface area contributed by atoms with E-state index in [9.17, 15) is 18.7 Å². The molecule has 0 radical (unpaired) electrons. The van der Waals surface area contributed by atoms with Gasteiger partial charge in [-0.1, -0.05) is 6.92 Å². The number of ether oxygens (including phenoxy) is 1. The third kappa shape index (κ3) is 4.94. The smallest absolute Gasteiger partial charge is 0.274 e. The summed E-state index contributed by atoms with van der Waals surface area (Å²) in [6.45, 7) is 1.57. The average molecular weight is 545 g/mol. The lowest BCUT2D eigenvalue weighted by Crippen LogP contribution is -2.44. The Bertz CT molecular complexity index is 1350. The number of aromatic nitrogens is 2. The zero-order chi connectivity index (χ0) is 27.2. The molecule has 1 saturated heterocycles. The summed E-state index contributed by atoms with van der Waals surface area (Å²) in [5, 5.41) is 13.2. The highest BCUT2D eigenvalue weighted by molar-refractivity contribution is 7.28. The average Bonchev–Trinajstić information content (AvgIpc) is 2.86. The van der Waals surface area contributed by atoms with Crippen LogP contribution in [0.5, 0.6) is 0 Å². The molecule has 2 fully saturated rings. The van der Waals surface area contributed by atoms with Gasteiger partial charge in [0.05, 0.1) is 31.2 Å². The lowest BCUT2D eigenvalue weighted by molar-refractivity contribution is -0.135. The number of benzene rings is 1. The molecule has 1 aromatic carbocycles. The van der Waals surface area contributed by atoms with Crippen molar-refractivity contribution in [2.45, 2.75) is 43.5 Å². The number of carbonyl (C=O) groups excluding carboxylic acids is 1. The number of alkyl halides is 1. The van der Waals surface area contributed by atoms with Gasteiger partial charge in [-0.25, -0.2) is 18.2 Å². The second-order valence-electron chi connectivity index (χ2n) is 10.1. The standard InChI is InChI=1S/C27H28F3N4O3P/c1-13-6-14(7-19(31)25(13)35)16-4-5-32-10-21(16)34-26(36)20-3-2-17(28)24(33-20)23-18(29)8-15(9-22(23)38)27(30)11-37-12-27/h2-5,8-10,13-14,19,25,35H,6-7,11-12,31,38H2,1H3,(H,34,36)/t13-,14+,19+,25+/m0/s1. The Labute approximate surface area is 220 Å². The quantitative estimate of drug-likeness (QED) is 0.424. The monoisotopic (exact) mass is 544 g/mol. The molecule has 0 spiro atoms. The minimum absolute atomic E-state index is 0.00871. The van der Waals surface area contributed by atoms with Gasteiger partial charge in [0.25, 0.3) is 5.91 Å². The zero-order valence-corrected chi connectivity index (χ0v) is 21.8. The van der Waals surface area contributed by atoms with E-state index in [2.05, 4.69) is 24.5 Å². The first-order valence-electron chi connectivity index (χ1n) is 12.3. The van der Waals surface area contributed by atoms with Gasteiger partial charge in [0.1, 0.15) is 23.0 Å². The highest BCUT2D eigenvalue weighted by Gasteiger charge is 2.41. The first-order chi connectivity index (χ1) is 18.1. The van der Waals surface area contributed by atoms with Gasteiger partial charge < -0.3 is 20.9 Å². The second-order valence-corrected chi connectivity index (χ2v) is 10.7. The van der Waals surface area contributed by atoms with E-state index in [0.29, 0.717) is 18.5 Å². The first kappa shape index (κ1) is 26.7. The number of aliphatic hydroxyl groups is 1. The predicted molar refractivity (Wildman–Crippen MR) is 140 cm³/mol. The maximum atomic E-state index is 15.1. The van der Waals surface area contributed by atoms with Gasteiger partial charge in [-0.3, -0.25) is 9.78 Å². The summed E-state index contributed by atoms with van der Waals surface area (Å²) in [5.41, 5.74) is 5.02. The van der Waals surface area contributed by atoms with Gasteiger partial charge in [0, 0.05) is 17.8 Å². The van der Waals surface area contributed by atoms with Crippen LogP contribution in [0.4, 0.5) is 18.9 Å². The molecule has 1 unspecified atom stereocenters. The number of amides is 1. The lowest BCUT2D eigenvalue weighted by Gasteiger charge is -2.36. The molecule has 1 amide bonds. The van der Waals surface area contributed by atoms with Crippen molar-refractivity contribution in [1.82, 2.24) is 9.97 Å². The van der Waals surface area contributed by atoms with Crippen molar-refractivity contribution >= 4 is 26.1 Å². The molecule has 7 nitrogen and oxygen atoms in total. The van der Waals surface area contributed by atoms with Crippen LogP contribution < -0.4 is 16.4 Å². The van der Waals surface area contributed by atoms with E-state index in [1.165, 1.54) is 18.3 Å². The third-order valence-corrected chi connectivity index (χ3v) is 7.85. The molecule has 4 N–H and O–H groups in total. The number of aliphatic hydroxyl groups excluding tert-OH is 1. The van der Waals surface area contributed by atoms with E-state index >= 15 is 4.39 Å². The van der Waals surface area contributed by atoms with Gasteiger partial charge in [0.2, 0.25) is 0 Å². The van der Waals surface area contributed by atoms with Crippen LogP contribution in [0.1, 0.15) is 47.3 Å². The largest absolute Gasteiger partial charge is 0.391 e. The van der Waals surface area contributed by atoms with E-state index in [-0.39, 0.29) is 52.9 Å². The van der Waals surface area contributed by atoms with Gasteiger partial charge in [-0.15, -0.1) is 9.24 Å². The molecule has 38 heavy (non-hydrogen) atoms. The molecular weight excluding hydrogens is 516 g/mol. The number of carbonyl (C=O) groups is 1. The number of hydrogen-bond donors (Lipinski definition) is 3. The van der Waals surface area contributed by atoms with Crippen LogP contribution in [0.3, 0.4) is 0 Å². The molecule has 1 aliphatic carbocycles. The van der Waals surface area contributed by atoms with Gasteiger partial charge in [-0.2, -0.15) is 0 Å². The van der Waals surface area contributed by atoms with Gasteiger partial charge in [0.15, 0.2) is 5.67 Å². The third-order valence-electron chi connectivity index (χ3n) is 7.39. The summed E-state index contributed by atoms with van der Waals surface area (Å²) < 4.78 is 49.6. The highest BCUT2D eigenvalue weighted by atomic mass is 31.0. The fourth-order valence-electron chi connectivity index (χ4n) is 5.21. The predicted octanol–water partition coefficient (Wildman–Crippen LogP) is 3.57. The highest BCUT2D eigenvalue weighted by Crippen LogP contribution is 2.39. The number of nitrogens with one attached hydrogen (secondary N) is 1. The number of halogens is 3. The van der Waals surface area contributed by atoms with Crippen molar-refractivity contribution < 1.29 is 27.8 Å². The number of hydrogen-bond acceptors (Lipinski definition) is 6. The summed E-state index contributed by atoms with van der Waals surface area (Å²) in [7, 11) is 2.28. The molecule has 0 bridgehead atoms. The number of pyridine rings is 2. The lowest BCUT2D eigenvalue weighted by atomic mass is 9.74. The molecule has 2 aliphatic rings. The Morgan fingerprint density at radius 1 is 1.21 bits per heavy atom. The summed E-state index contributed by atoms with van der Waals surface area (Å²) in [6, 6.07) is 6.06. The SMILES string of the molecule is C[C@H]1C[C@@H](c2ccncc2NC(=O)c2ccc(F)c(-c3c(F)cc(C4(F)COC4)cc3P)n2)C[C@@H](N)[C@@H]1O. The summed E-state index contributed by atoms with van der Waals surface area (Å²) >= 11 is 0. The van der Waals surface area contributed by atoms with Crippen molar-refractivity contribution in [3.63, 3.8) is 0 Å². The molecule has 3 heterocycles. The van der Waals surface area contributed by atoms with Crippen molar-refractivity contribution in [2.24, 2.45) is 11.7 Å². The molecule has 200 valence electrons. The van der Waals surface area contributed by atoms with E-state index in [0.717, 1.165) is 17.7 Å². The van der Waals surface area contributed by atoms with Crippen molar-refractivity contribution in [3.05, 3.63) is 71.2 Å². The van der Waals surface area contributed by atoms with E-state index in [1.807, 2.05) is 6.92 Å². The molecule has 1 saturated carbocycles. The second kappa shape index (κ2) is 10.3. The molecule has 2 aromatic heterocycles. The Kier molecular flexibility index (Phi) is 7.26. The molecule has 11 heteroatoms. The molecule has 5 atom stereocenters. The van der Waals surface area contributed by atoms with E-state index in [4.69, 9.17) is 10.5 Å². The molecule has 5 rings (SSSR count). The van der Waals surface area contributed by atoms with Crippen LogP contribution >= 0.6 is 9.24 Å².